The van der Waals surface area contributed by atoms with Crippen LogP contribution in [-0.4, -0.2) is 33.3 Å². The van der Waals surface area contributed by atoms with Crippen LogP contribution < -0.4 is 10.4 Å². The summed E-state index contributed by atoms with van der Waals surface area (Å²) in [4.78, 5) is 28.8. The first-order valence-corrected chi connectivity index (χ1v) is 14.6. The standard InChI is InChI=1S/C31H24F3N3O3S/c32-20-10-9-19-24-23-16(14-31(33,34)25(20)24)15-41-29(23)18-7-4-3-6-17(18)26(19)37-22-8-2-1-5-12-35(22)30(40)27-28(39)21(38)11-13-36(27)37/h3-4,6-7,9-11,13,15,22,26,39H,1-2,5,8,12,14H2. The van der Waals surface area contributed by atoms with Crippen LogP contribution in [0.25, 0.3) is 21.6 Å². The third kappa shape index (κ3) is 3.25. The monoisotopic (exact) mass is 575 g/mol. The first-order valence-electron chi connectivity index (χ1n) is 13.7. The smallest absolute Gasteiger partial charge is 0.280 e. The van der Waals surface area contributed by atoms with Gasteiger partial charge in [-0.1, -0.05) is 36.8 Å². The Morgan fingerprint density at radius 2 is 1.80 bits per heavy atom. The maximum absolute atomic E-state index is 15.7. The Labute approximate surface area is 236 Å². The fourth-order valence-corrected chi connectivity index (χ4v) is 8.38. The highest BCUT2D eigenvalue weighted by Crippen LogP contribution is 2.58. The first-order chi connectivity index (χ1) is 19.8. The van der Waals surface area contributed by atoms with Crippen molar-refractivity contribution < 1.29 is 23.1 Å². The van der Waals surface area contributed by atoms with Gasteiger partial charge in [0.25, 0.3) is 11.8 Å². The number of thiophene rings is 1. The molecular formula is C31H24F3N3O3S. The number of rotatable bonds is 1. The molecule has 0 spiro atoms. The van der Waals surface area contributed by atoms with Gasteiger partial charge in [-0.05, 0) is 53.0 Å². The van der Waals surface area contributed by atoms with Gasteiger partial charge in [-0.2, -0.15) is 0 Å². The van der Waals surface area contributed by atoms with Gasteiger partial charge < -0.3 is 10.0 Å². The van der Waals surface area contributed by atoms with E-state index >= 15 is 13.2 Å². The SMILES string of the molecule is O=C1c2c(O)c(=O)ccn2N(C2c3ccccc3-c3scc4c3-c3c2ccc(F)c3C(F)(F)C4)C2CCCCCN12. The second kappa shape index (κ2) is 8.48. The summed E-state index contributed by atoms with van der Waals surface area (Å²) in [6, 6.07) is 10.8. The summed E-state index contributed by atoms with van der Waals surface area (Å²) >= 11 is 1.37. The molecule has 2 unspecified atom stereocenters. The van der Waals surface area contributed by atoms with Crippen molar-refractivity contribution >= 4 is 17.2 Å². The van der Waals surface area contributed by atoms with E-state index < -0.39 is 53.0 Å². The Morgan fingerprint density at radius 1 is 0.976 bits per heavy atom. The highest BCUT2D eigenvalue weighted by molar-refractivity contribution is 7.14. The van der Waals surface area contributed by atoms with Crippen LogP contribution in [0, 0.1) is 5.82 Å². The number of benzene rings is 2. The molecule has 41 heavy (non-hydrogen) atoms. The van der Waals surface area contributed by atoms with E-state index in [0.717, 1.165) is 41.3 Å². The van der Waals surface area contributed by atoms with Crippen LogP contribution in [0.2, 0.25) is 0 Å². The first kappa shape index (κ1) is 24.7. The molecule has 2 aliphatic heterocycles. The molecule has 1 amide bonds. The zero-order valence-corrected chi connectivity index (χ0v) is 22.6. The van der Waals surface area contributed by atoms with Gasteiger partial charge in [0.05, 0.1) is 11.6 Å². The van der Waals surface area contributed by atoms with Gasteiger partial charge in [-0.25, -0.2) is 13.2 Å². The third-order valence-corrected chi connectivity index (χ3v) is 10.00. The average Bonchev–Trinajstić information content (AvgIpc) is 3.13. The molecule has 4 heterocycles. The lowest BCUT2D eigenvalue weighted by molar-refractivity contribution is -0.00824. The van der Waals surface area contributed by atoms with E-state index in [1.807, 2.05) is 29.3 Å². The lowest BCUT2D eigenvalue weighted by Crippen LogP contribution is -2.62. The van der Waals surface area contributed by atoms with Crippen molar-refractivity contribution in [3.63, 3.8) is 0 Å². The summed E-state index contributed by atoms with van der Waals surface area (Å²) in [5.41, 5.74) is 2.02. The summed E-state index contributed by atoms with van der Waals surface area (Å²) in [6.07, 6.45) is 3.49. The molecule has 208 valence electrons. The van der Waals surface area contributed by atoms with Gasteiger partial charge in [0.2, 0.25) is 5.43 Å². The maximum atomic E-state index is 15.7. The van der Waals surface area contributed by atoms with E-state index in [2.05, 4.69) is 0 Å². The van der Waals surface area contributed by atoms with Crippen molar-refractivity contribution in [3.05, 3.63) is 98.0 Å². The number of nitrogens with zero attached hydrogens (tertiary/aromatic N) is 3. The van der Waals surface area contributed by atoms with Crippen LogP contribution in [0.5, 0.6) is 5.75 Å². The molecule has 2 atom stereocenters. The van der Waals surface area contributed by atoms with E-state index in [0.29, 0.717) is 29.7 Å². The number of aromatic nitrogens is 1. The van der Waals surface area contributed by atoms with E-state index in [4.69, 9.17) is 0 Å². The molecule has 10 heteroatoms. The van der Waals surface area contributed by atoms with E-state index in [9.17, 15) is 14.7 Å². The zero-order chi connectivity index (χ0) is 28.2. The molecule has 2 aromatic heterocycles. The predicted octanol–water partition coefficient (Wildman–Crippen LogP) is 6.13. The van der Waals surface area contributed by atoms with Crippen LogP contribution in [0.3, 0.4) is 0 Å². The minimum Gasteiger partial charge on any atom is -0.502 e. The molecular weight excluding hydrogens is 551 g/mol. The van der Waals surface area contributed by atoms with Crippen molar-refractivity contribution in [2.45, 2.75) is 50.2 Å². The molecule has 6 nitrogen and oxygen atoms in total. The van der Waals surface area contributed by atoms with Crippen molar-refractivity contribution in [1.29, 1.82) is 0 Å². The van der Waals surface area contributed by atoms with Gasteiger partial charge in [0.1, 0.15) is 12.0 Å². The average molecular weight is 576 g/mol. The van der Waals surface area contributed by atoms with Crippen LogP contribution >= 0.6 is 11.3 Å². The molecule has 1 fully saturated rings. The van der Waals surface area contributed by atoms with Crippen molar-refractivity contribution in [1.82, 2.24) is 9.58 Å². The fraction of sp³-hybridized carbons (Fsp3) is 0.290. The Balaban J connectivity index is 1.50. The summed E-state index contributed by atoms with van der Waals surface area (Å²) in [5.74, 6) is -5.46. The summed E-state index contributed by atoms with van der Waals surface area (Å²) < 4.78 is 48.4. The van der Waals surface area contributed by atoms with Crippen LogP contribution in [0.15, 0.2) is 58.8 Å². The van der Waals surface area contributed by atoms with Crippen molar-refractivity contribution in [3.8, 4) is 27.3 Å². The Kier molecular flexibility index (Phi) is 5.11. The number of hydrogen-bond acceptors (Lipinski definition) is 5. The van der Waals surface area contributed by atoms with E-state index in [1.54, 1.807) is 16.3 Å². The number of halogens is 3. The summed E-state index contributed by atoms with van der Waals surface area (Å²) in [6.45, 7) is 0.425. The Morgan fingerprint density at radius 3 is 2.66 bits per heavy atom. The number of carbonyl (C=O) groups is 1. The van der Waals surface area contributed by atoms with Gasteiger partial charge in [0.15, 0.2) is 11.4 Å². The van der Waals surface area contributed by atoms with Gasteiger partial charge in [0, 0.05) is 41.2 Å². The highest BCUT2D eigenvalue weighted by atomic mass is 32.1. The topological polar surface area (TPSA) is 65.8 Å². The van der Waals surface area contributed by atoms with Gasteiger partial charge in [-0.3, -0.25) is 19.3 Å². The number of fused-ring (bicyclic) bond motifs is 4. The van der Waals surface area contributed by atoms with Crippen LogP contribution in [0.4, 0.5) is 13.2 Å². The largest absolute Gasteiger partial charge is 0.502 e. The zero-order valence-electron chi connectivity index (χ0n) is 21.7. The number of aromatic hydroxyl groups is 1. The Bertz CT molecular complexity index is 1850. The maximum Gasteiger partial charge on any atom is 0.280 e. The summed E-state index contributed by atoms with van der Waals surface area (Å²) in [7, 11) is 0. The number of hydrogen-bond donors (Lipinski definition) is 1. The van der Waals surface area contributed by atoms with Crippen LogP contribution in [-0.2, 0) is 12.3 Å². The molecule has 4 aromatic rings. The number of pyridine rings is 1. The minimum absolute atomic E-state index is 0.158. The Hall–Kier alpha value is -4.05. The molecule has 8 rings (SSSR count). The quantitative estimate of drug-likeness (QED) is 0.297. The lowest BCUT2D eigenvalue weighted by Gasteiger charge is -2.50. The van der Waals surface area contributed by atoms with Gasteiger partial charge in [-0.15, -0.1) is 11.3 Å². The molecule has 4 aliphatic rings. The highest BCUT2D eigenvalue weighted by Gasteiger charge is 2.50. The fourth-order valence-electron chi connectivity index (χ4n) is 7.25. The second-order valence-electron chi connectivity index (χ2n) is 11.2. The van der Waals surface area contributed by atoms with E-state index in [-0.39, 0.29) is 11.3 Å². The summed E-state index contributed by atoms with van der Waals surface area (Å²) in [5, 5.41) is 14.6. The molecule has 1 N–H and O–H groups in total. The molecule has 1 saturated heterocycles. The van der Waals surface area contributed by atoms with Crippen molar-refractivity contribution in [2.24, 2.45) is 0 Å². The second-order valence-corrected chi connectivity index (χ2v) is 12.0. The molecule has 2 aromatic carbocycles. The molecule has 0 saturated carbocycles. The lowest BCUT2D eigenvalue weighted by atomic mass is 9.80. The number of amides is 1. The number of alkyl halides is 2. The number of carbonyl (C=O) groups excluding carboxylic acids is 1. The predicted molar refractivity (Wildman–Crippen MR) is 148 cm³/mol. The normalized spacial score (nSPS) is 21.8. The molecule has 2 aliphatic carbocycles. The minimum atomic E-state index is -3.41. The van der Waals surface area contributed by atoms with Crippen LogP contribution in [0.1, 0.15) is 64.5 Å². The van der Waals surface area contributed by atoms with E-state index in [1.165, 1.54) is 28.3 Å². The molecule has 0 bridgehead atoms. The third-order valence-electron chi connectivity index (χ3n) is 8.93. The molecule has 0 radical (unpaired) electrons. The van der Waals surface area contributed by atoms with Crippen molar-refractivity contribution in [2.75, 3.05) is 11.6 Å². The van der Waals surface area contributed by atoms with Gasteiger partial charge >= 0.3 is 0 Å².